The van der Waals surface area contributed by atoms with E-state index in [1.54, 1.807) is 17.4 Å². The Labute approximate surface area is 151 Å². The molecule has 2 fully saturated rings. The maximum Gasteiger partial charge on any atom is 0.257 e. The predicted molar refractivity (Wildman–Crippen MR) is 95.8 cm³/mol. The second kappa shape index (κ2) is 6.33. The van der Waals surface area contributed by atoms with E-state index in [1.165, 1.54) is 4.88 Å². The normalized spacial score (nSPS) is 23.0. The molecule has 1 saturated carbocycles. The highest BCUT2D eigenvalue weighted by Crippen LogP contribution is 2.50. The van der Waals surface area contributed by atoms with Gasteiger partial charge >= 0.3 is 0 Å². The summed E-state index contributed by atoms with van der Waals surface area (Å²) in [4.78, 5) is 30.4. The summed E-state index contributed by atoms with van der Waals surface area (Å²) in [5.41, 5.74) is 0.636. The van der Waals surface area contributed by atoms with E-state index < -0.39 is 0 Å². The van der Waals surface area contributed by atoms with Crippen molar-refractivity contribution < 1.29 is 14.0 Å². The van der Waals surface area contributed by atoms with Gasteiger partial charge in [0.1, 0.15) is 11.5 Å². The van der Waals surface area contributed by atoms with Crippen LogP contribution in [0.2, 0.25) is 0 Å². The lowest BCUT2D eigenvalue weighted by molar-refractivity contribution is -0.134. The lowest BCUT2D eigenvalue weighted by atomic mass is 10.2. The van der Waals surface area contributed by atoms with Gasteiger partial charge in [0, 0.05) is 42.9 Å². The van der Waals surface area contributed by atoms with E-state index in [4.69, 9.17) is 4.42 Å². The lowest BCUT2D eigenvalue weighted by Gasteiger charge is -2.35. The van der Waals surface area contributed by atoms with Crippen molar-refractivity contribution in [1.29, 1.82) is 0 Å². The lowest BCUT2D eigenvalue weighted by Crippen LogP contribution is -2.51. The highest BCUT2D eigenvalue weighted by atomic mass is 32.1. The molecule has 0 spiro atoms. The topological polar surface area (TPSA) is 53.8 Å². The summed E-state index contributed by atoms with van der Waals surface area (Å²) < 4.78 is 5.46. The van der Waals surface area contributed by atoms with Gasteiger partial charge in [-0.3, -0.25) is 9.59 Å². The Morgan fingerprint density at radius 1 is 1.16 bits per heavy atom. The highest BCUT2D eigenvalue weighted by Gasteiger charge is 2.46. The molecular formula is C19H22N2O3S. The molecule has 0 bridgehead atoms. The molecule has 2 amide bonds. The van der Waals surface area contributed by atoms with Crippen molar-refractivity contribution in [3.63, 3.8) is 0 Å². The van der Waals surface area contributed by atoms with Crippen molar-refractivity contribution in [2.45, 2.75) is 26.2 Å². The van der Waals surface area contributed by atoms with Crippen molar-refractivity contribution in [2.75, 3.05) is 26.2 Å². The third-order valence-electron chi connectivity index (χ3n) is 5.17. The van der Waals surface area contributed by atoms with Gasteiger partial charge in [0.05, 0.1) is 5.56 Å². The standard InChI is InChI=1S/C19H22N2O3S/c1-12-10-14(13(2)24-12)18(22)20-5-7-21(8-6-20)19(23)16-11-15(16)17-4-3-9-25-17/h3-4,9-10,15-16H,5-8,11H2,1-2H3/t15-,16-/m0/s1. The number of hydrogen-bond acceptors (Lipinski definition) is 4. The monoisotopic (exact) mass is 358 g/mol. The summed E-state index contributed by atoms with van der Waals surface area (Å²) in [6, 6.07) is 5.96. The number of nitrogens with zero attached hydrogens (tertiary/aromatic N) is 2. The van der Waals surface area contributed by atoms with Crippen molar-refractivity contribution in [3.8, 4) is 0 Å². The molecule has 2 aromatic heterocycles. The molecule has 25 heavy (non-hydrogen) atoms. The zero-order valence-electron chi connectivity index (χ0n) is 14.5. The molecule has 1 aliphatic heterocycles. The molecule has 0 radical (unpaired) electrons. The zero-order valence-corrected chi connectivity index (χ0v) is 15.3. The number of aryl methyl sites for hydroxylation is 2. The van der Waals surface area contributed by atoms with E-state index in [0.717, 1.165) is 12.2 Å². The second-order valence-corrected chi connectivity index (χ2v) is 7.89. The van der Waals surface area contributed by atoms with Crippen molar-refractivity contribution in [2.24, 2.45) is 5.92 Å². The maximum atomic E-state index is 12.7. The third-order valence-corrected chi connectivity index (χ3v) is 6.17. The smallest absolute Gasteiger partial charge is 0.257 e. The largest absolute Gasteiger partial charge is 0.466 e. The van der Waals surface area contributed by atoms with Gasteiger partial charge in [0.25, 0.3) is 5.91 Å². The number of thiophene rings is 1. The number of furan rings is 1. The first-order valence-corrected chi connectivity index (χ1v) is 9.61. The van der Waals surface area contributed by atoms with Crippen molar-refractivity contribution >= 4 is 23.2 Å². The fourth-order valence-electron chi connectivity index (χ4n) is 3.66. The molecule has 0 aromatic carbocycles. The highest BCUT2D eigenvalue weighted by molar-refractivity contribution is 7.10. The minimum absolute atomic E-state index is 0.00401. The van der Waals surface area contributed by atoms with Gasteiger partial charge in [0.15, 0.2) is 0 Å². The fraction of sp³-hybridized carbons (Fsp3) is 0.474. The molecule has 2 aromatic rings. The Bertz CT molecular complexity index is 788. The van der Waals surface area contributed by atoms with Crippen LogP contribution in [0.1, 0.15) is 39.1 Å². The van der Waals surface area contributed by atoms with Gasteiger partial charge in [-0.25, -0.2) is 0 Å². The number of amides is 2. The van der Waals surface area contributed by atoms with E-state index in [2.05, 4.69) is 11.4 Å². The molecular weight excluding hydrogens is 336 g/mol. The Balaban J connectivity index is 1.33. The number of rotatable bonds is 3. The molecule has 5 nitrogen and oxygen atoms in total. The molecule has 2 aliphatic rings. The maximum absolute atomic E-state index is 12.7. The van der Waals surface area contributed by atoms with E-state index >= 15 is 0 Å². The van der Waals surface area contributed by atoms with Crippen LogP contribution in [-0.2, 0) is 4.79 Å². The first-order valence-electron chi connectivity index (χ1n) is 8.73. The van der Waals surface area contributed by atoms with Gasteiger partial charge in [-0.1, -0.05) is 6.07 Å². The molecule has 4 rings (SSSR count). The van der Waals surface area contributed by atoms with Crippen LogP contribution in [0.3, 0.4) is 0 Å². The Morgan fingerprint density at radius 3 is 2.48 bits per heavy atom. The van der Waals surface area contributed by atoms with Crippen LogP contribution in [-0.4, -0.2) is 47.8 Å². The minimum atomic E-state index is 0.00401. The summed E-state index contributed by atoms with van der Waals surface area (Å²) in [6.07, 6.45) is 0.964. The molecule has 1 aliphatic carbocycles. The average molecular weight is 358 g/mol. The van der Waals surface area contributed by atoms with Gasteiger partial charge < -0.3 is 14.2 Å². The van der Waals surface area contributed by atoms with Crippen LogP contribution >= 0.6 is 11.3 Å². The summed E-state index contributed by atoms with van der Waals surface area (Å²) in [5, 5.41) is 2.07. The van der Waals surface area contributed by atoms with Crippen LogP contribution in [0.5, 0.6) is 0 Å². The molecule has 6 heteroatoms. The molecule has 132 valence electrons. The van der Waals surface area contributed by atoms with Crippen LogP contribution in [0.25, 0.3) is 0 Å². The van der Waals surface area contributed by atoms with Crippen molar-refractivity contribution in [3.05, 3.63) is 45.5 Å². The third kappa shape index (κ3) is 3.11. The molecule has 3 heterocycles. The predicted octanol–water partition coefficient (Wildman–Crippen LogP) is 3.05. The summed E-state index contributed by atoms with van der Waals surface area (Å²) in [7, 11) is 0. The van der Waals surface area contributed by atoms with Gasteiger partial charge in [-0.05, 0) is 37.8 Å². The van der Waals surface area contributed by atoms with Crippen LogP contribution in [0, 0.1) is 19.8 Å². The number of hydrogen-bond donors (Lipinski definition) is 0. The van der Waals surface area contributed by atoms with Crippen LogP contribution in [0.15, 0.2) is 28.0 Å². The molecule has 2 atom stereocenters. The number of piperazine rings is 1. The fourth-order valence-corrected chi connectivity index (χ4v) is 4.57. The van der Waals surface area contributed by atoms with Crippen molar-refractivity contribution in [1.82, 2.24) is 9.80 Å². The van der Waals surface area contributed by atoms with E-state index in [0.29, 0.717) is 43.4 Å². The second-order valence-electron chi connectivity index (χ2n) is 6.91. The quantitative estimate of drug-likeness (QED) is 0.847. The summed E-state index contributed by atoms with van der Waals surface area (Å²) in [6.45, 7) is 6.08. The molecule has 1 saturated heterocycles. The van der Waals surface area contributed by atoms with Crippen LogP contribution in [0.4, 0.5) is 0 Å². The minimum Gasteiger partial charge on any atom is -0.466 e. The Kier molecular flexibility index (Phi) is 4.15. The number of carbonyl (C=O) groups is 2. The summed E-state index contributed by atoms with van der Waals surface area (Å²) in [5.74, 6) is 2.22. The van der Waals surface area contributed by atoms with E-state index in [-0.39, 0.29) is 17.7 Å². The average Bonchev–Trinajstić information content (AvgIpc) is 3.06. The Morgan fingerprint density at radius 2 is 1.88 bits per heavy atom. The van der Waals surface area contributed by atoms with Crippen LogP contribution < -0.4 is 0 Å². The molecule has 0 unspecified atom stereocenters. The zero-order chi connectivity index (χ0) is 17.6. The first-order chi connectivity index (χ1) is 12.0. The van der Waals surface area contributed by atoms with Gasteiger partial charge in [-0.2, -0.15) is 0 Å². The van der Waals surface area contributed by atoms with E-state index in [9.17, 15) is 9.59 Å². The SMILES string of the molecule is Cc1cc(C(=O)N2CCN(C(=O)[C@H]3C[C@@H]3c3cccs3)CC2)c(C)o1. The van der Waals surface area contributed by atoms with E-state index in [1.807, 2.05) is 29.7 Å². The first kappa shape index (κ1) is 16.4. The van der Waals surface area contributed by atoms with Gasteiger partial charge in [0.2, 0.25) is 5.91 Å². The Hall–Kier alpha value is -2.08. The molecule has 0 N–H and O–H groups in total. The number of carbonyl (C=O) groups excluding carboxylic acids is 2. The summed E-state index contributed by atoms with van der Waals surface area (Å²) >= 11 is 1.73. The van der Waals surface area contributed by atoms with Gasteiger partial charge in [-0.15, -0.1) is 11.3 Å².